The second-order valence-electron chi connectivity index (χ2n) is 7.13. The smallest absolute Gasteiger partial charge is 0.313 e. The highest BCUT2D eigenvalue weighted by molar-refractivity contribution is 6.32. The van der Waals surface area contributed by atoms with Gasteiger partial charge in [-0.05, 0) is 42.5 Å². The molecular weight excluding hydrogens is 368 g/mol. The number of carbonyl (C=O) groups excluding carboxylic acids is 1. The van der Waals surface area contributed by atoms with Crippen molar-refractivity contribution < 1.29 is 14.5 Å². The number of para-hydroxylation sites is 1. The molecule has 0 saturated carbocycles. The number of carbonyl (C=O) groups is 1. The fourth-order valence-electron chi connectivity index (χ4n) is 3.56. The lowest BCUT2D eigenvalue weighted by Gasteiger charge is -2.35. The van der Waals surface area contributed by atoms with Gasteiger partial charge < -0.3 is 9.64 Å². The van der Waals surface area contributed by atoms with Crippen molar-refractivity contribution in [2.45, 2.75) is 20.3 Å². The molecule has 1 fully saturated rings. The number of rotatable bonds is 4. The Bertz CT molecular complexity index is 861. The zero-order valence-electron chi connectivity index (χ0n) is 15.2. The molecule has 142 valence electrons. The molecule has 1 saturated heterocycles. The summed E-state index contributed by atoms with van der Waals surface area (Å²) in [7, 11) is 0. The number of hydrogen-bond donors (Lipinski definition) is 0. The molecule has 2 atom stereocenters. The molecular formula is C20H21ClN2O4. The van der Waals surface area contributed by atoms with Crippen LogP contribution in [0.2, 0.25) is 5.02 Å². The molecule has 1 aliphatic rings. The van der Waals surface area contributed by atoms with Crippen LogP contribution in [-0.4, -0.2) is 28.8 Å². The molecule has 0 spiro atoms. The molecule has 0 radical (unpaired) electrons. The number of benzene rings is 2. The van der Waals surface area contributed by atoms with E-state index in [0.29, 0.717) is 23.1 Å². The number of nitrogens with zero attached hydrogens (tertiary/aromatic N) is 2. The van der Waals surface area contributed by atoms with Crippen LogP contribution in [0.4, 0.5) is 5.69 Å². The van der Waals surface area contributed by atoms with E-state index in [4.69, 9.17) is 16.3 Å². The van der Waals surface area contributed by atoms with E-state index in [1.54, 1.807) is 24.3 Å². The maximum atomic E-state index is 12.9. The van der Waals surface area contributed by atoms with Gasteiger partial charge in [-0.15, -0.1) is 0 Å². The van der Waals surface area contributed by atoms with Gasteiger partial charge in [0.05, 0.1) is 9.95 Å². The molecule has 0 bridgehead atoms. The van der Waals surface area contributed by atoms with Crippen molar-refractivity contribution in [3.8, 4) is 11.5 Å². The number of piperidine rings is 1. The normalized spacial score (nSPS) is 19.6. The molecule has 7 heteroatoms. The number of nitro groups is 1. The topological polar surface area (TPSA) is 72.7 Å². The first kappa shape index (κ1) is 19.2. The molecule has 0 aliphatic carbocycles. The predicted molar refractivity (Wildman–Crippen MR) is 103 cm³/mol. The van der Waals surface area contributed by atoms with Crippen LogP contribution in [0.25, 0.3) is 0 Å². The average molecular weight is 389 g/mol. The lowest BCUT2D eigenvalue weighted by atomic mass is 9.91. The summed E-state index contributed by atoms with van der Waals surface area (Å²) in [5.41, 5.74) is 0.265. The van der Waals surface area contributed by atoms with Crippen molar-refractivity contribution in [3.05, 3.63) is 63.2 Å². The standard InChI is InChI=1S/C20H21ClN2O4/c1-13-9-14(2)12-22(11-13)20(24)15-5-3-6-16(10-15)27-19-17(21)7-4-8-18(19)23(25)26/h3-8,10,13-14H,9,11-12H2,1-2H3/t13-,14-/m0/s1. The number of ether oxygens (including phenoxy) is 1. The van der Waals surface area contributed by atoms with E-state index in [9.17, 15) is 14.9 Å². The molecule has 27 heavy (non-hydrogen) atoms. The first-order chi connectivity index (χ1) is 12.8. The largest absolute Gasteiger partial charge is 0.449 e. The SMILES string of the molecule is C[C@H]1C[C@H](C)CN(C(=O)c2cccc(Oc3c(Cl)cccc3[N+](=O)[O-])c2)C1. The number of amides is 1. The Morgan fingerprint density at radius 2 is 1.85 bits per heavy atom. The second kappa shape index (κ2) is 7.96. The van der Waals surface area contributed by atoms with E-state index >= 15 is 0 Å². The number of hydrogen-bond acceptors (Lipinski definition) is 4. The van der Waals surface area contributed by atoms with Gasteiger partial charge in [0.2, 0.25) is 5.75 Å². The van der Waals surface area contributed by atoms with Crippen LogP contribution in [0.15, 0.2) is 42.5 Å². The molecule has 1 amide bonds. The van der Waals surface area contributed by atoms with Crippen molar-refractivity contribution in [3.63, 3.8) is 0 Å². The van der Waals surface area contributed by atoms with Gasteiger partial charge in [-0.25, -0.2) is 0 Å². The third-order valence-electron chi connectivity index (χ3n) is 4.60. The third-order valence-corrected chi connectivity index (χ3v) is 4.90. The summed E-state index contributed by atoms with van der Waals surface area (Å²) in [6, 6.07) is 11.0. The molecule has 1 aliphatic heterocycles. The third kappa shape index (κ3) is 4.39. The molecule has 0 aromatic heterocycles. The van der Waals surface area contributed by atoms with Crippen LogP contribution in [-0.2, 0) is 0 Å². The van der Waals surface area contributed by atoms with Crippen molar-refractivity contribution in [2.24, 2.45) is 11.8 Å². The van der Waals surface area contributed by atoms with Gasteiger partial charge in [0.1, 0.15) is 5.75 Å². The van der Waals surface area contributed by atoms with Gasteiger partial charge in [-0.2, -0.15) is 0 Å². The van der Waals surface area contributed by atoms with E-state index in [-0.39, 0.29) is 22.4 Å². The summed E-state index contributed by atoms with van der Waals surface area (Å²) in [5, 5.41) is 11.4. The summed E-state index contributed by atoms with van der Waals surface area (Å²) in [4.78, 5) is 25.4. The first-order valence-corrected chi connectivity index (χ1v) is 9.23. The lowest BCUT2D eigenvalue weighted by Crippen LogP contribution is -2.42. The quantitative estimate of drug-likeness (QED) is 0.535. The van der Waals surface area contributed by atoms with Crippen molar-refractivity contribution in [2.75, 3.05) is 13.1 Å². The number of nitro benzene ring substituents is 1. The maximum Gasteiger partial charge on any atom is 0.313 e. The average Bonchev–Trinajstić information content (AvgIpc) is 2.62. The van der Waals surface area contributed by atoms with Crippen molar-refractivity contribution in [1.29, 1.82) is 0 Å². The lowest BCUT2D eigenvalue weighted by molar-refractivity contribution is -0.385. The van der Waals surface area contributed by atoms with Crippen molar-refractivity contribution >= 4 is 23.2 Å². The molecule has 0 N–H and O–H groups in total. The summed E-state index contributed by atoms with van der Waals surface area (Å²) >= 11 is 6.07. The van der Waals surface area contributed by atoms with E-state index in [1.165, 1.54) is 18.2 Å². The number of likely N-dealkylation sites (tertiary alicyclic amines) is 1. The molecule has 2 aromatic carbocycles. The summed E-state index contributed by atoms with van der Waals surface area (Å²) in [6.07, 6.45) is 1.11. The summed E-state index contributed by atoms with van der Waals surface area (Å²) < 4.78 is 5.68. The minimum Gasteiger partial charge on any atom is -0.449 e. The second-order valence-corrected chi connectivity index (χ2v) is 7.54. The highest BCUT2D eigenvalue weighted by Crippen LogP contribution is 2.38. The van der Waals surface area contributed by atoms with E-state index in [1.807, 2.05) is 4.90 Å². The van der Waals surface area contributed by atoms with Crippen LogP contribution < -0.4 is 4.74 Å². The highest BCUT2D eigenvalue weighted by Gasteiger charge is 2.26. The van der Waals surface area contributed by atoms with Crippen LogP contribution >= 0.6 is 11.6 Å². The zero-order chi connectivity index (χ0) is 19.6. The van der Waals surface area contributed by atoms with Gasteiger partial charge in [-0.1, -0.05) is 37.6 Å². The first-order valence-electron chi connectivity index (χ1n) is 8.85. The minimum absolute atomic E-state index is 0.0333. The van der Waals surface area contributed by atoms with Crippen LogP contribution in [0.3, 0.4) is 0 Å². The van der Waals surface area contributed by atoms with Gasteiger partial charge in [0.15, 0.2) is 0 Å². The Morgan fingerprint density at radius 3 is 2.52 bits per heavy atom. The minimum atomic E-state index is -0.549. The predicted octanol–water partition coefficient (Wildman–Crippen LogP) is 5.16. The number of halogens is 1. The van der Waals surface area contributed by atoms with Crippen LogP contribution in [0.1, 0.15) is 30.6 Å². The molecule has 1 heterocycles. The van der Waals surface area contributed by atoms with E-state index in [2.05, 4.69) is 13.8 Å². The zero-order valence-corrected chi connectivity index (χ0v) is 16.0. The van der Waals surface area contributed by atoms with E-state index < -0.39 is 4.92 Å². The Hall–Kier alpha value is -2.60. The van der Waals surface area contributed by atoms with Gasteiger partial charge in [0.25, 0.3) is 5.91 Å². The Kier molecular flexibility index (Phi) is 5.65. The fraction of sp³-hybridized carbons (Fsp3) is 0.350. The van der Waals surface area contributed by atoms with Gasteiger partial charge in [-0.3, -0.25) is 14.9 Å². The monoisotopic (exact) mass is 388 g/mol. The molecule has 0 unspecified atom stereocenters. The van der Waals surface area contributed by atoms with Crippen molar-refractivity contribution in [1.82, 2.24) is 4.90 Å². The highest BCUT2D eigenvalue weighted by atomic mass is 35.5. The fourth-order valence-corrected chi connectivity index (χ4v) is 3.77. The maximum absolute atomic E-state index is 12.9. The molecule has 6 nitrogen and oxygen atoms in total. The van der Waals surface area contributed by atoms with E-state index in [0.717, 1.165) is 19.5 Å². The van der Waals surface area contributed by atoms with Gasteiger partial charge >= 0.3 is 5.69 Å². The Labute approximate surface area is 162 Å². The Balaban J connectivity index is 1.85. The molecule has 3 rings (SSSR count). The Morgan fingerprint density at radius 1 is 1.19 bits per heavy atom. The molecule has 2 aromatic rings. The summed E-state index contributed by atoms with van der Waals surface area (Å²) in [6.45, 7) is 5.74. The van der Waals surface area contributed by atoms with Crippen LogP contribution in [0, 0.1) is 22.0 Å². The van der Waals surface area contributed by atoms with Crippen LogP contribution in [0.5, 0.6) is 11.5 Å². The van der Waals surface area contributed by atoms with Gasteiger partial charge in [0, 0.05) is 24.7 Å². The summed E-state index contributed by atoms with van der Waals surface area (Å²) in [5.74, 6) is 1.16.